The van der Waals surface area contributed by atoms with Crippen LogP contribution >= 0.6 is 0 Å². The van der Waals surface area contributed by atoms with Crippen molar-refractivity contribution < 1.29 is 19.9 Å². The Kier molecular flexibility index (Phi) is 5.55. The van der Waals surface area contributed by atoms with Crippen LogP contribution < -0.4 is 10.2 Å². The van der Waals surface area contributed by atoms with Crippen LogP contribution in [0.15, 0.2) is 72.1 Å². The van der Waals surface area contributed by atoms with Gasteiger partial charge in [-0.25, -0.2) is 10.5 Å². The molecular weight excluding hydrogens is 396 g/mol. The zero-order chi connectivity index (χ0) is 21.8. The fraction of sp³-hybridized carbons (Fsp3) is 0.0435. The molecule has 0 aliphatic rings. The first-order valence-corrected chi connectivity index (χ1v) is 9.30. The van der Waals surface area contributed by atoms with E-state index in [2.05, 4.69) is 15.1 Å². The van der Waals surface area contributed by atoms with Crippen molar-refractivity contribution in [1.29, 1.82) is 0 Å². The van der Waals surface area contributed by atoms with Gasteiger partial charge in [-0.15, -0.1) is 0 Å². The van der Waals surface area contributed by atoms with Crippen molar-refractivity contribution in [3.05, 3.63) is 78.1 Å². The van der Waals surface area contributed by atoms with Gasteiger partial charge in [0.1, 0.15) is 5.69 Å². The molecule has 2 aromatic carbocycles. The third kappa shape index (κ3) is 3.79. The SMILES string of the molecule is COc1c(-c2ccc(-c3ccc(C=NO)cc3)cc2)nc2ccncc2c1C(=O)NO. The first-order chi connectivity index (χ1) is 15.2. The van der Waals surface area contributed by atoms with Crippen LogP contribution in [0.2, 0.25) is 0 Å². The Morgan fingerprint density at radius 3 is 2.29 bits per heavy atom. The number of rotatable bonds is 5. The molecular formula is C23H18N4O4. The van der Waals surface area contributed by atoms with Crippen LogP contribution in [0.4, 0.5) is 0 Å². The number of carbonyl (C=O) groups excluding carboxylic acids is 1. The topological polar surface area (TPSA) is 117 Å². The van der Waals surface area contributed by atoms with E-state index in [0.717, 1.165) is 22.3 Å². The minimum Gasteiger partial charge on any atom is -0.494 e. The molecule has 3 N–H and O–H groups in total. The van der Waals surface area contributed by atoms with Crippen LogP contribution in [0.3, 0.4) is 0 Å². The van der Waals surface area contributed by atoms with Gasteiger partial charge < -0.3 is 9.94 Å². The average molecular weight is 414 g/mol. The Morgan fingerprint density at radius 2 is 1.68 bits per heavy atom. The van der Waals surface area contributed by atoms with Gasteiger partial charge in [0.15, 0.2) is 5.75 Å². The van der Waals surface area contributed by atoms with Gasteiger partial charge >= 0.3 is 0 Å². The molecule has 4 aromatic rings. The van der Waals surface area contributed by atoms with Crippen LogP contribution in [0.25, 0.3) is 33.3 Å². The lowest BCUT2D eigenvalue weighted by Crippen LogP contribution is -2.20. The molecule has 4 rings (SSSR count). The number of amides is 1. The van der Waals surface area contributed by atoms with Crippen molar-refractivity contribution in [3.8, 4) is 28.1 Å². The molecule has 0 bridgehead atoms. The van der Waals surface area contributed by atoms with E-state index >= 15 is 0 Å². The highest BCUT2D eigenvalue weighted by Gasteiger charge is 2.22. The maximum atomic E-state index is 12.4. The molecule has 2 heterocycles. The van der Waals surface area contributed by atoms with Crippen molar-refractivity contribution in [1.82, 2.24) is 15.4 Å². The summed E-state index contributed by atoms with van der Waals surface area (Å²) >= 11 is 0. The number of nitrogens with one attached hydrogen (secondary N) is 1. The number of benzene rings is 2. The highest BCUT2D eigenvalue weighted by atomic mass is 16.5. The zero-order valence-corrected chi connectivity index (χ0v) is 16.5. The number of hydrogen-bond acceptors (Lipinski definition) is 7. The molecule has 0 atom stereocenters. The summed E-state index contributed by atoms with van der Waals surface area (Å²) in [5, 5.41) is 21.4. The quantitative estimate of drug-likeness (QED) is 0.197. The summed E-state index contributed by atoms with van der Waals surface area (Å²) in [6.45, 7) is 0. The third-order valence-corrected chi connectivity index (χ3v) is 4.88. The highest BCUT2D eigenvalue weighted by Crippen LogP contribution is 2.36. The molecule has 8 heteroatoms. The number of fused-ring (bicyclic) bond motifs is 1. The molecule has 8 nitrogen and oxygen atoms in total. The maximum Gasteiger partial charge on any atom is 0.279 e. The smallest absolute Gasteiger partial charge is 0.279 e. The van der Waals surface area contributed by atoms with E-state index in [-0.39, 0.29) is 11.3 Å². The fourth-order valence-corrected chi connectivity index (χ4v) is 3.41. The molecule has 0 aliphatic heterocycles. The number of aromatic nitrogens is 2. The molecule has 0 saturated heterocycles. The summed E-state index contributed by atoms with van der Waals surface area (Å²) < 4.78 is 5.52. The predicted molar refractivity (Wildman–Crippen MR) is 116 cm³/mol. The van der Waals surface area contributed by atoms with Gasteiger partial charge in [0.2, 0.25) is 0 Å². The fourth-order valence-electron chi connectivity index (χ4n) is 3.41. The minimum absolute atomic E-state index is 0.156. The van der Waals surface area contributed by atoms with Gasteiger partial charge in [0.05, 0.1) is 24.4 Å². The molecule has 0 aliphatic carbocycles. The van der Waals surface area contributed by atoms with Crippen molar-refractivity contribution in [2.24, 2.45) is 5.16 Å². The van der Waals surface area contributed by atoms with Crippen LogP contribution in [0.5, 0.6) is 5.75 Å². The standard InChI is InChI=1S/C23H18N4O4/c1-31-22-20(23(28)27-30)18-13-24-11-10-19(18)26-21(22)17-8-6-16(7-9-17)15-4-2-14(3-5-15)12-25-29/h2-13,29-30H,1H3,(H,27,28). The lowest BCUT2D eigenvalue weighted by atomic mass is 9.99. The van der Waals surface area contributed by atoms with E-state index in [9.17, 15) is 10.0 Å². The molecule has 0 saturated carbocycles. The maximum absolute atomic E-state index is 12.4. The molecule has 154 valence electrons. The number of ether oxygens (including phenoxy) is 1. The van der Waals surface area contributed by atoms with Crippen LogP contribution in [-0.4, -0.2) is 39.6 Å². The average Bonchev–Trinajstić information content (AvgIpc) is 2.83. The molecule has 31 heavy (non-hydrogen) atoms. The van der Waals surface area contributed by atoms with Crippen molar-refractivity contribution >= 4 is 23.0 Å². The molecule has 2 aromatic heterocycles. The summed E-state index contributed by atoms with van der Waals surface area (Å²) in [6, 6.07) is 16.9. The zero-order valence-electron chi connectivity index (χ0n) is 16.5. The van der Waals surface area contributed by atoms with Crippen LogP contribution in [0.1, 0.15) is 15.9 Å². The highest BCUT2D eigenvalue weighted by molar-refractivity contribution is 6.09. The van der Waals surface area contributed by atoms with Crippen LogP contribution in [-0.2, 0) is 0 Å². The van der Waals surface area contributed by atoms with E-state index in [1.165, 1.54) is 19.5 Å². The normalized spacial score (nSPS) is 11.0. The number of pyridine rings is 2. The minimum atomic E-state index is -0.707. The van der Waals surface area contributed by atoms with E-state index in [0.29, 0.717) is 16.6 Å². The second-order valence-corrected chi connectivity index (χ2v) is 6.65. The number of oxime groups is 1. The monoisotopic (exact) mass is 414 g/mol. The molecule has 0 spiro atoms. The second kappa shape index (κ2) is 8.60. The molecule has 0 unspecified atom stereocenters. The number of methoxy groups -OCH3 is 1. The van der Waals surface area contributed by atoms with Gasteiger partial charge in [0, 0.05) is 23.3 Å². The number of carbonyl (C=O) groups is 1. The molecule has 0 fully saturated rings. The van der Waals surface area contributed by atoms with E-state index in [4.69, 9.17) is 9.94 Å². The number of nitrogens with zero attached hydrogens (tertiary/aromatic N) is 3. The largest absolute Gasteiger partial charge is 0.494 e. The Labute approximate surface area is 177 Å². The first kappa shape index (κ1) is 20.0. The Balaban J connectivity index is 1.80. The number of hydrogen-bond donors (Lipinski definition) is 3. The van der Waals surface area contributed by atoms with Crippen LogP contribution in [0, 0.1) is 0 Å². The van der Waals surface area contributed by atoms with E-state index < -0.39 is 5.91 Å². The summed E-state index contributed by atoms with van der Waals surface area (Å²) in [4.78, 5) is 21.1. The molecule has 0 radical (unpaired) electrons. The predicted octanol–water partition coefficient (Wildman–Crippen LogP) is 3.90. The second-order valence-electron chi connectivity index (χ2n) is 6.65. The Morgan fingerprint density at radius 1 is 1.03 bits per heavy atom. The van der Waals surface area contributed by atoms with Gasteiger partial charge in [0.25, 0.3) is 5.91 Å². The van der Waals surface area contributed by atoms with E-state index in [1.54, 1.807) is 17.7 Å². The summed E-state index contributed by atoms with van der Waals surface area (Å²) in [5.41, 5.74) is 6.36. The Bertz CT molecular complexity index is 1270. The molecule has 1 amide bonds. The Hall–Kier alpha value is -4.30. The first-order valence-electron chi connectivity index (χ1n) is 9.30. The lowest BCUT2D eigenvalue weighted by Gasteiger charge is -2.15. The third-order valence-electron chi connectivity index (χ3n) is 4.88. The lowest BCUT2D eigenvalue weighted by molar-refractivity contribution is 0.0705. The van der Waals surface area contributed by atoms with Gasteiger partial charge in [-0.3, -0.25) is 15.0 Å². The van der Waals surface area contributed by atoms with Gasteiger partial charge in [-0.1, -0.05) is 53.7 Å². The number of hydroxylamine groups is 1. The summed E-state index contributed by atoms with van der Waals surface area (Å²) in [7, 11) is 1.45. The van der Waals surface area contributed by atoms with Gasteiger partial charge in [-0.05, 0) is 22.8 Å². The van der Waals surface area contributed by atoms with Gasteiger partial charge in [-0.2, -0.15) is 0 Å². The van der Waals surface area contributed by atoms with Crippen molar-refractivity contribution in [2.75, 3.05) is 7.11 Å². The summed E-state index contributed by atoms with van der Waals surface area (Å²) in [5.74, 6) is -0.464. The summed E-state index contributed by atoms with van der Waals surface area (Å²) in [6.07, 6.45) is 4.45. The van der Waals surface area contributed by atoms with Crippen molar-refractivity contribution in [3.63, 3.8) is 0 Å². The van der Waals surface area contributed by atoms with Crippen molar-refractivity contribution in [2.45, 2.75) is 0 Å². The van der Waals surface area contributed by atoms with E-state index in [1.807, 2.05) is 48.5 Å².